The van der Waals surface area contributed by atoms with Crippen LogP contribution in [0.15, 0.2) is 85.1 Å². The Kier molecular flexibility index (Phi) is 50.6. The number of aliphatic hydroxyl groups is 2. The van der Waals surface area contributed by atoms with Crippen LogP contribution in [0.5, 0.6) is 0 Å². The molecule has 3 atom stereocenters. The summed E-state index contributed by atoms with van der Waals surface area (Å²) in [6.07, 6.45) is 69.3. The van der Waals surface area contributed by atoms with Gasteiger partial charge in [0.2, 0.25) is 5.91 Å². The van der Waals surface area contributed by atoms with Gasteiger partial charge in [-0.2, -0.15) is 0 Å². The van der Waals surface area contributed by atoms with E-state index in [0.29, 0.717) is 19.3 Å². The van der Waals surface area contributed by atoms with E-state index in [0.717, 1.165) is 96.3 Å². The normalized spacial score (nSPS) is 13.8. The van der Waals surface area contributed by atoms with E-state index in [1.165, 1.54) is 116 Å². The SMILES string of the molecule is CC/C=C/C=C/C=C\C=C/CCCCCC(=O)OC(CCCCCC/C=C\C/C=C\C/C=C\CCCCC)CC(=O)NC(CO)C(O)CCCCCCCCCCCCCCCCCCC. The van der Waals surface area contributed by atoms with Crippen LogP contribution in [0, 0.1) is 0 Å². The van der Waals surface area contributed by atoms with E-state index in [1.54, 1.807) is 0 Å². The molecule has 0 aromatic rings. The molecule has 0 aliphatic heterocycles. The highest BCUT2D eigenvalue weighted by atomic mass is 16.5. The number of carbonyl (C=O) groups is 2. The predicted octanol–water partition coefficient (Wildman–Crippen LogP) is 17.1. The van der Waals surface area contributed by atoms with Crippen LogP contribution in [0.3, 0.4) is 0 Å². The summed E-state index contributed by atoms with van der Waals surface area (Å²) in [5.74, 6) is -0.542. The monoisotopic (exact) mass is 920 g/mol. The minimum absolute atomic E-state index is 0.0430. The molecule has 0 rings (SSSR count). The molecular formula is C60H105NO5. The van der Waals surface area contributed by atoms with Crippen LogP contribution in [-0.4, -0.2) is 46.9 Å². The molecule has 0 aromatic heterocycles. The third kappa shape index (κ3) is 47.5. The van der Waals surface area contributed by atoms with Gasteiger partial charge in [0.25, 0.3) is 0 Å². The van der Waals surface area contributed by atoms with Crippen molar-refractivity contribution in [3.8, 4) is 0 Å². The molecule has 3 N–H and O–H groups in total. The number of nitrogens with one attached hydrogen (secondary N) is 1. The van der Waals surface area contributed by atoms with Gasteiger partial charge in [-0.3, -0.25) is 9.59 Å². The number of hydrogen-bond acceptors (Lipinski definition) is 5. The summed E-state index contributed by atoms with van der Waals surface area (Å²) in [5, 5.41) is 23.9. The Bertz CT molecular complexity index is 1260. The Morgan fingerprint density at radius 1 is 0.470 bits per heavy atom. The fourth-order valence-electron chi connectivity index (χ4n) is 8.10. The average molecular weight is 921 g/mol. The molecule has 0 saturated heterocycles. The largest absolute Gasteiger partial charge is 0.462 e. The molecule has 380 valence electrons. The van der Waals surface area contributed by atoms with E-state index in [2.05, 4.69) is 86.8 Å². The second kappa shape index (κ2) is 53.0. The number of carbonyl (C=O) groups excluding carboxylic acids is 2. The van der Waals surface area contributed by atoms with Crippen molar-refractivity contribution in [3.05, 3.63) is 85.1 Å². The molecule has 0 aliphatic carbocycles. The Hall–Kier alpha value is -2.96. The Morgan fingerprint density at radius 3 is 1.41 bits per heavy atom. The van der Waals surface area contributed by atoms with Crippen molar-refractivity contribution < 1.29 is 24.5 Å². The zero-order chi connectivity index (χ0) is 48.1. The lowest BCUT2D eigenvalue weighted by molar-refractivity contribution is -0.151. The molecule has 0 bridgehead atoms. The Balaban J connectivity index is 4.64. The molecule has 1 amide bonds. The van der Waals surface area contributed by atoms with Crippen molar-refractivity contribution >= 4 is 11.9 Å². The number of esters is 1. The van der Waals surface area contributed by atoms with Gasteiger partial charge in [0.05, 0.1) is 25.2 Å². The van der Waals surface area contributed by atoms with Crippen LogP contribution in [0.2, 0.25) is 0 Å². The molecule has 0 aromatic carbocycles. The minimum atomic E-state index is -0.806. The van der Waals surface area contributed by atoms with Crippen LogP contribution in [-0.2, 0) is 14.3 Å². The Labute approximate surface area is 408 Å². The summed E-state index contributed by atoms with van der Waals surface area (Å²) >= 11 is 0. The molecule has 0 radical (unpaired) electrons. The lowest BCUT2D eigenvalue weighted by Crippen LogP contribution is -2.46. The van der Waals surface area contributed by atoms with Gasteiger partial charge >= 0.3 is 5.97 Å². The van der Waals surface area contributed by atoms with Crippen molar-refractivity contribution in [3.63, 3.8) is 0 Å². The van der Waals surface area contributed by atoms with Crippen molar-refractivity contribution in [1.82, 2.24) is 5.32 Å². The van der Waals surface area contributed by atoms with Gasteiger partial charge in [0.15, 0.2) is 0 Å². The van der Waals surface area contributed by atoms with Crippen LogP contribution < -0.4 is 5.32 Å². The molecule has 0 spiro atoms. The maximum absolute atomic E-state index is 13.3. The van der Waals surface area contributed by atoms with E-state index in [1.807, 2.05) is 24.3 Å². The molecule has 6 nitrogen and oxygen atoms in total. The first-order chi connectivity index (χ1) is 32.5. The number of unbranched alkanes of at least 4 members (excludes halogenated alkanes) is 26. The maximum atomic E-state index is 13.3. The highest BCUT2D eigenvalue weighted by molar-refractivity contribution is 5.77. The average Bonchev–Trinajstić information content (AvgIpc) is 3.31. The Morgan fingerprint density at radius 2 is 0.879 bits per heavy atom. The zero-order valence-electron chi connectivity index (χ0n) is 43.3. The number of amides is 1. The summed E-state index contributed by atoms with van der Waals surface area (Å²) in [6.45, 7) is 6.31. The maximum Gasteiger partial charge on any atom is 0.306 e. The number of hydrogen-bond donors (Lipinski definition) is 3. The quantitative estimate of drug-likeness (QED) is 0.0245. The van der Waals surface area contributed by atoms with E-state index in [-0.39, 0.29) is 24.9 Å². The topological polar surface area (TPSA) is 95.9 Å². The van der Waals surface area contributed by atoms with Gasteiger partial charge in [0.1, 0.15) is 6.10 Å². The summed E-state index contributed by atoms with van der Waals surface area (Å²) in [4.78, 5) is 26.2. The third-order valence-electron chi connectivity index (χ3n) is 12.3. The summed E-state index contributed by atoms with van der Waals surface area (Å²) in [7, 11) is 0. The summed E-state index contributed by atoms with van der Waals surface area (Å²) < 4.78 is 5.92. The zero-order valence-corrected chi connectivity index (χ0v) is 43.3. The molecule has 66 heavy (non-hydrogen) atoms. The first-order valence-electron chi connectivity index (χ1n) is 27.9. The van der Waals surface area contributed by atoms with Crippen molar-refractivity contribution in [2.45, 2.75) is 277 Å². The van der Waals surface area contributed by atoms with E-state index in [9.17, 15) is 19.8 Å². The van der Waals surface area contributed by atoms with Gasteiger partial charge in [-0.25, -0.2) is 0 Å². The third-order valence-corrected chi connectivity index (χ3v) is 12.3. The summed E-state index contributed by atoms with van der Waals surface area (Å²) in [6, 6.07) is -0.723. The minimum Gasteiger partial charge on any atom is -0.462 e. The predicted molar refractivity (Wildman–Crippen MR) is 287 cm³/mol. The molecule has 0 fully saturated rings. The van der Waals surface area contributed by atoms with E-state index >= 15 is 0 Å². The number of aliphatic hydroxyl groups excluding tert-OH is 2. The van der Waals surface area contributed by atoms with Crippen LogP contribution >= 0.6 is 0 Å². The second-order valence-electron chi connectivity index (χ2n) is 18.7. The van der Waals surface area contributed by atoms with Crippen LogP contribution in [0.25, 0.3) is 0 Å². The van der Waals surface area contributed by atoms with Gasteiger partial charge < -0.3 is 20.3 Å². The van der Waals surface area contributed by atoms with Gasteiger partial charge in [-0.05, 0) is 83.5 Å². The fraction of sp³-hybridized carbons (Fsp3) is 0.733. The lowest BCUT2D eigenvalue weighted by Gasteiger charge is -2.24. The number of rotatable bonds is 49. The van der Waals surface area contributed by atoms with Gasteiger partial charge in [0, 0.05) is 6.42 Å². The number of ether oxygens (including phenoxy) is 1. The van der Waals surface area contributed by atoms with Crippen molar-refractivity contribution in [2.75, 3.05) is 6.61 Å². The highest BCUT2D eigenvalue weighted by Crippen LogP contribution is 2.18. The molecule has 3 unspecified atom stereocenters. The smallest absolute Gasteiger partial charge is 0.306 e. The van der Waals surface area contributed by atoms with Crippen LogP contribution in [0.4, 0.5) is 0 Å². The lowest BCUT2D eigenvalue weighted by atomic mass is 10.0. The first-order valence-corrected chi connectivity index (χ1v) is 27.9. The molecule has 0 saturated carbocycles. The highest BCUT2D eigenvalue weighted by Gasteiger charge is 2.24. The molecular weight excluding hydrogens is 815 g/mol. The molecule has 0 heterocycles. The number of allylic oxidation sites excluding steroid dienone is 14. The molecule has 0 aliphatic rings. The standard InChI is InChI=1S/C60H105NO5/c1-4-7-10-13-16-19-22-25-27-29-31-34-36-39-42-45-48-51-56(66-60(65)53-50-47-44-41-38-33-24-21-18-15-12-9-6-3)54-59(64)61-57(55-62)58(63)52-49-46-43-40-37-35-32-30-28-26-23-20-17-14-11-8-5-2/h9,12,15-16,18-19,21,24-25,27,31,33-34,38,56-58,62-63H,4-8,10-11,13-14,17,20,22-23,26,28-30,32,35-37,39-55H2,1-3H3,(H,61,64)/b12-9+,18-15+,19-16-,24-21-,27-25-,34-31-,38-33-. The van der Waals surface area contributed by atoms with Gasteiger partial charge in [-0.15, -0.1) is 0 Å². The first kappa shape index (κ1) is 63.0. The van der Waals surface area contributed by atoms with E-state index in [4.69, 9.17) is 4.74 Å². The van der Waals surface area contributed by atoms with E-state index < -0.39 is 18.2 Å². The fourth-order valence-corrected chi connectivity index (χ4v) is 8.10. The molecule has 6 heteroatoms. The van der Waals surface area contributed by atoms with Crippen molar-refractivity contribution in [2.24, 2.45) is 0 Å². The van der Waals surface area contributed by atoms with Crippen LogP contribution in [0.1, 0.15) is 258 Å². The van der Waals surface area contributed by atoms with Gasteiger partial charge in [-0.1, -0.05) is 247 Å². The van der Waals surface area contributed by atoms with Crippen molar-refractivity contribution in [1.29, 1.82) is 0 Å². The second-order valence-corrected chi connectivity index (χ2v) is 18.7. The summed E-state index contributed by atoms with van der Waals surface area (Å²) in [5.41, 5.74) is 0.